The number of anilines is 2. The van der Waals surface area contributed by atoms with Gasteiger partial charge in [0.25, 0.3) is 0 Å². The molecule has 0 radical (unpaired) electrons. The first-order valence-electron chi connectivity index (χ1n) is 12.0. The molecule has 2 unspecified atom stereocenters. The number of amides is 2. The van der Waals surface area contributed by atoms with Crippen LogP contribution < -0.4 is 21.3 Å². The molecule has 0 aromatic heterocycles. The molecule has 4 aliphatic rings. The molecule has 4 fully saturated rings. The lowest BCUT2D eigenvalue weighted by Crippen LogP contribution is -2.47. The van der Waals surface area contributed by atoms with Gasteiger partial charge in [-0.1, -0.05) is 0 Å². The van der Waals surface area contributed by atoms with Gasteiger partial charge in [-0.2, -0.15) is 0 Å². The fourth-order valence-corrected chi connectivity index (χ4v) is 6.13. The van der Waals surface area contributed by atoms with Gasteiger partial charge in [0.05, 0.1) is 0 Å². The number of likely N-dealkylation sites (tertiary alicyclic amines) is 1. The maximum atomic E-state index is 11.9. The minimum atomic E-state index is -0.333. The SMILES string of the molecule is NC1C[C@@H]2CN(CC3CCN(c4ccc(NC5CCC(=O)NC5=O)cc4)CC3)C[C@@H]2C1. The van der Waals surface area contributed by atoms with Gasteiger partial charge in [0.2, 0.25) is 11.8 Å². The van der Waals surface area contributed by atoms with Crippen LogP contribution in [0.2, 0.25) is 0 Å². The molecule has 1 saturated carbocycles. The molecule has 3 saturated heterocycles. The van der Waals surface area contributed by atoms with Crippen molar-refractivity contribution in [2.24, 2.45) is 23.5 Å². The van der Waals surface area contributed by atoms with Crippen LogP contribution in [0.1, 0.15) is 38.5 Å². The first-order chi connectivity index (χ1) is 15.0. The number of carbonyl (C=O) groups excluding carboxylic acids is 2. The molecule has 0 spiro atoms. The summed E-state index contributed by atoms with van der Waals surface area (Å²) in [7, 11) is 0. The van der Waals surface area contributed by atoms with Crippen LogP contribution in [0.4, 0.5) is 11.4 Å². The van der Waals surface area contributed by atoms with Crippen molar-refractivity contribution in [3.8, 4) is 0 Å². The van der Waals surface area contributed by atoms with Gasteiger partial charge in [-0.15, -0.1) is 0 Å². The number of hydrogen-bond acceptors (Lipinski definition) is 6. The van der Waals surface area contributed by atoms with Gasteiger partial charge in [0, 0.05) is 56.6 Å². The first-order valence-corrected chi connectivity index (χ1v) is 12.0. The molecule has 4 N–H and O–H groups in total. The lowest BCUT2D eigenvalue weighted by atomic mass is 9.95. The second-order valence-corrected chi connectivity index (χ2v) is 10.1. The van der Waals surface area contributed by atoms with Crippen molar-refractivity contribution < 1.29 is 9.59 Å². The minimum absolute atomic E-state index is 0.182. The van der Waals surface area contributed by atoms with E-state index in [9.17, 15) is 9.59 Å². The summed E-state index contributed by atoms with van der Waals surface area (Å²) in [4.78, 5) is 28.4. The molecular weight excluding hydrogens is 390 g/mol. The summed E-state index contributed by atoms with van der Waals surface area (Å²) in [5.41, 5.74) is 8.31. The molecule has 3 aliphatic heterocycles. The van der Waals surface area contributed by atoms with Gasteiger partial charge in [-0.25, -0.2) is 0 Å². The average molecular weight is 426 g/mol. The van der Waals surface area contributed by atoms with Crippen molar-refractivity contribution in [1.82, 2.24) is 10.2 Å². The van der Waals surface area contributed by atoms with Gasteiger partial charge in [-0.3, -0.25) is 14.9 Å². The molecule has 5 rings (SSSR count). The number of fused-ring (bicyclic) bond motifs is 1. The Morgan fingerprint density at radius 3 is 2.32 bits per heavy atom. The Kier molecular flexibility index (Phi) is 5.89. The van der Waals surface area contributed by atoms with Crippen LogP contribution in [0.5, 0.6) is 0 Å². The van der Waals surface area contributed by atoms with Crippen LogP contribution in [0.3, 0.4) is 0 Å². The maximum absolute atomic E-state index is 11.9. The molecule has 1 aromatic rings. The lowest BCUT2D eigenvalue weighted by molar-refractivity contribution is -0.133. The van der Waals surface area contributed by atoms with E-state index in [1.165, 1.54) is 51.0 Å². The van der Waals surface area contributed by atoms with Crippen molar-refractivity contribution in [3.63, 3.8) is 0 Å². The largest absolute Gasteiger partial charge is 0.374 e. The van der Waals surface area contributed by atoms with Crippen LogP contribution >= 0.6 is 0 Å². The number of benzene rings is 1. The highest BCUT2D eigenvalue weighted by Crippen LogP contribution is 2.38. The number of nitrogens with zero attached hydrogens (tertiary/aromatic N) is 2. The van der Waals surface area contributed by atoms with E-state index in [1.807, 2.05) is 12.1 Å². The quantitative estimate of drug-likeness (QED) is 0.623. The second-order valence-electron chi connectivity index (χ2n) is 10.1. The molecule has 0 bridgehead atoms. The highest BCUT2D eigenvalue weighted by atomic mass is 16.2. The number of rotatable bonds is 5. The number of nitrogens with two attached hydrogens (primary N) is 1. The van der Waals surface area contributed by atoms with E-state index < -0.39 is 0 Å². The normalized spacial score (nSPS) is 32.2. The zero-order chi connectivity index (χ0) is 21.4. The van der Waals surface area contributed by atoms with Gasteiger partial charge >= 0.3 is 0 Å². The van der Waals surface area contributed by atoms with Crippen LogP contribution in [-0.2, 0) is 9.59 Å². The van der Waals surface area contributed by atoms with E-state index in [4.69, 9.17) is 5.73 Å². The smallest absolute Gasteiger partial charge is 0.249 e. The Bertz CT molecular complexity index is 791. The second kappa shape index (κ2) is 8.79. The fourth-order valence-electron chi connectivity index (χ4n) is 6.13. The van der Waals surface area contributed by atoms with E-state index in [1.54, 1.807) is 0 Å². The molecule has 7 nitrogen and oxygen atoms in total. The highest BCUT2D eigenvalue weighted by Gasteiger charge is 2.40. The lowest BCUT2D eigenvalue weighted by Gasteiger charge is -2.35. The highest BCUT2D eigenvalue weighted by molar-refractivity contribution is 6.01. The summed E-state index contributed by atoms with van der Waals surface area (Å²) < 4.78 is 0. The van der Waals surface area contributed by atoms with E-state index in [0.29, 0.717) is 18.9 Å². The summed E-state index contributed by atoms with van der Waals surface area (Å²) >= 11 is 0. The van der Waals surface area contributed by atoms with Crippen molar-refractivity contribution in [3.05, 3.63) is 24.3 Å². The van der Waals surface area contributed by atoms with Crippen LogP contribution in [0, 0.1) is 17.8 Å². The predicted molar refractivity (Wildman–Crippen MR) is 122 cm³/mol. The molecule has 4 atom stereocenters. The molecule has 2 amide bonds. The van der Waals surface area contributed by atoms with Gasteiger partial charge < -0.3 is 20.9 Å². The van der Waals surface area contributed by atoms with Crippen molar-refractivity contribution in [2.45, 2.75) is 50.6 Å². The third kappa shape index (κ3) is 4.72. The number of nitrogens with one attached hydrogen (secondary N) is 2. The van der Waals surface area contributed by atoms with Crippen molar-refractivity contribution in [1.29, 1.82) is 0 Å². The van der Waals surface area contributed by atoms with Crippen LogP contribution in [-0.4, -0.2) is 61.5 Å². The molecule has 1 aromatic carbocycles. The van der Waals surface area contributed by atoms with Gasteiger partial charge in [0.1, 0.15) is 6.04 Å². The topological polar surface area (TPSA) is 90.7 Å². The fraction of sp³-hybridized carbons (Fsp3) is 0.667. The van der Waals surface area contributed by atoms with E-state index in [0.717, 1.165) is 36.5 Å². The Hall–Kier alpha value is -2.12. The summed E-state index contributed by atoms with van der Waals surface area (Å²) in [6.07, 6.45) is 5.90. The monoisotopic (exact) mass is 425 g/mol. The molecule has 3 heterocycles. The standard InChI is InChI=1S/C24H35N5O2/c25-19-11-17-14-28(15-18(17)12-19)13-16-7-9-29(10-8-16)21-3-1-20(2-4-21)26-22-5-6-23(30)27-24(22)31/h1-4,16-19,22,26H,5-15,25H2,(H,27,30,31)/t17-,18+,19?,22?. The Labute approximate surface area is 184 Å². The maximum Gasteiger partial charge on any atom is 0.249 e. The predicted octanol–water partition coefficient (Wildman–Crippen LogP) is 1.79. The Morgan fingerprint density at radius 2 is 1.68 bits per heavy atom. The van der Waals surface area contributed by atoms with Crippen LogP contribution in [0.25, 0.3) is 0 Å². The zero-order valence-electron chi connectivity index (χ0n) is 18.3. The average Bonchev–Trinajstić information content (AvgIpc) is 3.28. The van der Waals surface area contributed by atoms with Crippen molar-refractivity contribution >= 4 is 23.2 Å². The van der Waals surface area contributed by atoms with Gasteiger partial charge in [0.15, 0.2) is 0 Å². The minimum Gasteiger partial charge on any atom is -0.374 e. The first kappa shape index (κ1) is 20.8. The molecule has 168 valence electrons. The summed E-state index contributed by atoms with van der Waals surface area (Å²) in [5, 5.41) is 5.65. The number of piperidine rings is 2. The Balaban J connectivity index is 1.08. The zero-order valence-corrected chi connectivity index (χ0v) is 18.3. The molecular formula is C24H35N5O2. The number of imide groups is 1. The molecule has 31 heavy (non-hydrogen) atoms. The van der Waals surface area contributed by atoms with E-state index >= 15 is 0 Å². The third-order valence-corrected chi connectivity index (χ3v) is 7.81. The van der Waals surface area contributed by atoms with Crippen LogP contribution in [0.15, 0.2) is 24.3 Å². The number of hydrogen-bond donors (Lipinski definition) is 3. The van der Waals surface area contributed by atoms with Crippen molar-refractivity contribution in [2.75, 3.05) is 42.9 Å². The van der Waals surface area contributed by atoms with E-state index in [2.05, 4.69) is 32.6 Å². The number of carbonyl (C=O) groups is 2. The molecule has 7 heteroatoms. The summed E-state index contributed by atoms with van der Waals surface area (Å²) in [6.45, 7) is 6.00. The Morgan fingerprint density at radius 1 is 1.00 bits per heavy atom. The van der Waals surface area contributed by atoms with E-state index in [-0.39, 0.29) is 17.9 Å². The molecule has 1 aliphatic carbocycles. The summed E-state index contributed by atoms with van der Waals surface area (Å²) in [6, 6.07) is 8.47. The van der Waals surface area contributed by atoms with Gasteiger partial charge in [-0.05, 0) is 74.1 Å². The summed E-state index contributed by atoms with van der Waals surface area (Å²) in [5.74, 6) is 2.09. The third-order valence-electron chi connectivity index (χ3n) is 7.81.